The van der Waals surface area contributed by atoms with E-state index >= 15 is 0 Å². The van der Waals surface area contributed by atoms with Gasteiger partial charge in [0.15, 0.2) is 0 Å². The highest BCUT2D eigenvalue weighted by molar-refractivity contribution is 7.89. The van der Waals surface area contributed by atoms with Crippen molar-refractivity contribution in [1.29, 1.82) is 0 Å². The third-order valence-corrected chi connectivity index (χ3v) is 6.37. The van der Waals surface area contributed by atoms with Crippen LogP contribution in [0.1, 0.15) is 11.1 Å². The molecule has 0 saturated carbocycles. The van der Waals surface area contributed by atoms with Crippen LogP contribution in [0.2, 0.25) is 0 Å². The fraction of sp³-hybridized carbons (Fsp3) is 0.353. The summed E-state index contributed by atoms with van der Waals surface area (Å²) < 4.78 is 103. The molecule has 1 aliphatic rings. The fourth-order valence-corrected chi connectivity index (χ4v) is 4.31. The molecule has 2 aromatic rings. The summed E-state index contributed by atoms with van der Waals surface area (Å²) in [6.45, 7) is 0.102. The minimum atomic E-state index is -4.58. The summed E-state index contributed by atoms with van der Waals surface area (Å²) in [6, 6.07) is 4.89. The van der Waals surface area contributed by atoms with Crippen molar-refractivity contribution < 1.29 is 34.8 Å². The van der Waals surface area contributed by atoms with Crippen molar-refractivity contribution in [2.45, 2.75) is 17.2 Å². The molecular weight excluding hydrogens is 424 g/mol. The predicted molar refractivity (Wildman–Crippen MR) is 91.7 cm³/mol. The molecule has 1 aliphatic heterocycles. The van der Waals surface area contributed by atoms with Crippen LogP contribution in [0.3, 0.4) is 0 Å². The van der Waals surface area contributed by atoms with Crippen LogP contribution >= 0.6 is 0 Å². The summed E-state index contributed by atoms with van der Waals surface area (Å²) in [5.41, 5.74) is -1.82. The number of hydrogen-bond acceptors (Lipinski definition) is 4. The summed E-state index contributed by atoms with van der Waals surface area (Å²) in [5.74, 6) is 0.0754. The van der Waals surface area contributed by atoms with Gasteiger partial charge in [-0.05, 0) is 36.4 Å². The summed E-state index contributed by atoms with van der Waals surface area (Å²) >= 11 is 0. The number of benzene rings is 1. The number of piperazine rings is 1. The third-order valence-electron chi connectivity index (χ3n) is 4.45. The number of hydrogen-bond donors (Lipinski definition) is 0. The van der Waals surface area contributed by atoms with E-state index in [4.69, 9.17) is 0 Å². The quantitative estimate of drug-likeness (QED) is 0.686. The second-order valence-electron chi connectivity index (χ2n) is 6.31. The van der Waals surface area contributed by atoms with Gasteiger partial charge in [-0.1, -0.05) is 0 Å². The molecule has 1 fully saturated rings. The largest absolute Gasteiger partial charge is 0.416 e. The molecule has 0 bridgehead atoms. The Hall–Kier alpha value is -2.34. The molecule has 1 saturated heterocycles. The molecule has 158 valence electrons. The highest BCUT2D eigenvalue weighted by Crippen LogP contribution is 2.32. The standard InChI is InChI=1S/C17H15F6N3O2S/c18-16(19,20)12-1-3-14(4-2-12)29(27,28)26-9-7-25(8-10-26)15-11-13(5-6-24-15)17(21,22)23/h1-6,11H,7-10H2. The fourth-order valence-electron chi connectivity index (χ4n) is 2.89. The molecule has 1 aromatic carbocycles. The van der Waals surface area contributed by atoms with Crippen molar-refractivity contribution in [2.75, 3.05) is 31.1 Å². The van der Waals surface area contributed by atoms with Crippen molar-refractivity contribution in [3.05, 3.63) is 53.7 Å². The van der Waals surface area contributed by atoms with Gasteiger partial charge >= 0.3 is 12.4 Å². The van der Waals surface area contributed by atoms with E-state index in [2.05, 4.69) is 4.98 Å². The first-order valence-corrected chi connectivity index (χ1v) is 9.79. The maximum absolute atomic E-state index is 12.8. The lowest BCUT2D eigenvalue weighted by Crippen LogP contribution is -2.49. The zero-order valence-corrected chi connectivity index (χ0v) is 15.5. The van der Waals surface area contributed by atoms with E-state index < -0.39 is 33.5 Å². The van der Waals surface area contributed by atoms with Crippen molar-refractivity contribution in [2.24, 2.45) is 0 Å². The Morgan fingerprint density at radius 3 is 1.86 bits per heavy atom. The van der Waals surface area contributed by atoms with Crippen molar-refractivity contribution >= 4 is 15.8 Å². The van der Waals surface area contributed by atoms with E-state index in [9.17, 15) is 34.8 Å². The predicted octanol–water partition coefficient (Wildman–Crippen LogP) is 3.63. The Labute approximate surface area is 162 Å². The summed E-state index contributed by atoms with van der Waals surface area (Å²) in [5, 5.41) is 0. The van der Waals surface area contributed by atoms with Crippen molar-refractivity contribution in [3.63, 3.8) is 0 Å². The zero-order chi connectivity index (χ0) is 21.4. The lowest BCUT2D eigenvalue weighted by Gasteiger charge is -2.34. The molecule has 0 aliphatic carbocycles. The Morgan fingerprint density at radius 1 is 0.793 bits per heavy atom. The number of alkyl halides is 6. The molecule has 0 atom stereocenters. The first-order valence-electron chi connectivity index (χ1n) is 8.34. The molecule has 12 heteroatoms. The molecule has 0 N–H and O–H groups in total. The van der Waals surface area contributed by atoms with Gasteiger partial charge < -0.3 is 4.90 Å². The minimum Gasteiger partial charge on any atom is -0.354 e. The van der Waals surface area contributed by atoms with Crippen LogP contribution in [-0.2, 0) is 22.4 Å². The van der Waals surface area contributed by atoms with Crippen LogP contribution in [0, 0.1) is 0 Å². The zero-order valence-electron chi connectivity index (χ0n) is 14.7. The van der Waals surface area contributed by atoms with Gasteiger partial charge in [-0.25, -0.2) is 13.4 Å². The topological polar surface area (TPSA) is 53.5 Å². The van der Waals surface area contributed by atoms with E-state index in [-0.39, 0.29) is 36.9 Å². The van der Waals surface area contributed by atoms with E-state index in [0.29, 0.717) is 12.1 Å². The Morgan fingerprint density at radius 2 is 1.34 bits per heavy atom. The van der Waals surface area contributed by atoms with Crippen LogP contribution in [0.15, 0.2) is 47.5 Å². The molecular formula is C17H15F6N3O2S. The van der Waals surface area contributed by atoms with Crippen molar-refractivity contribution in [3.8, 4) is 0 Å². The Balaban J connectivity index is 1.72. The average molecular weight is 439 g/mol. The van der Waals surface area contributed by atoms with E-state index in [0.717, 1.165) is 34.8 Å². The highest BCUT2D eigenvalue weighted by Gasteiger charge is 2.34. The molecule has 1 aromatic heterocycles. The van der Waals surface area contributed by atoms with Gasteiger partial charge in [0.05, 0.1) is 16.0 Å². The first-order chi connectivity index (χ1) is 13.4. The molecule has 29 heavy (non-hydrogen) atoms. The maximum atomic E-state index is 12.8. The van der Waals surface area contributed by atoms with E-state index in [1.165, 1.54) is 4.90 Å². The number of anilines is 1. The van der Waals surface area contributed by atoms with E-state index in [1.807, 2.05) is 0 Å². The smallest absolute Gasteiger partial charge is 0.354 e. The number of pyridine rings is 1. The lowest BCUT2D eigenvalue weighted by molar-refractivity contribution is -0.138. The van der Waals surface area contributed by atoms with Crippen LogP contribution in [0.5, 0.6) is 0 Å². The lowest BCUT2D eigenvalue weighted by atomic mass is 10.2. The number of halogens is 6. The summed E-state index contributed by atoms with van der Waals surface area (Å²) in [7, 11) is -4.02. The first kappa shape index (κ1) is 21.4. The second-order valence-corrected chi connectivity index (χ2v) is 8.25. The van der Waals surface area contributed by atoms with Gasteiger partial charge in [0, 0.05) is 32.4 Å². The summed E-state index contributed by atoms with van der Waals surface area (Å²) in [6.07, 6.45) is -8.07. The third kappa shape index (κ3) is 4.64. The van der Waals surface area contributed by atoms with Crippen LogP contribution in [-0.4, -0.2) is 43.9 Å². The van der Waals surface area contributed by atoms with Crippen LogP contribution in [0.4, 0.5) is 32.2 Å². The minimum absolute atomic E-state index is 0.0404. The van der Waals surface area contributed by atoms with Gasteiger partial charge in [0.25, 0.3) is 0 Å². The van der Waals surface area contributed by atoms with E-state index in [1.54, 1.807) is 0 Å². The van der Waals surface area contributed by atoms with Crippen molar-refractivity contribution in [1.82, 2.24) is 9.29 Å². The highest BCUT2D eigenvalue weighted by atomic mass is 32.2. The summed E-state index contributed by atoms with van der Waals surface area (Å²) in [4.78, 5) is 5.15. The normalized spacial score (nSPS) is 16.8. The van der Waals surface area contributed by atoms with Gasteiger partial charge in [0.1, 0.15) is 5.82 Å². The maximum Gasteiger partial charge on any atom is 0.416 e. The number of rotatable bonds is 3. The Bertz CT molecular complexity index is 966. The molecule has 5 nitrogen and oxygen atoms in total. The molecule has 0 amide bonds. The SMILES string of the molecule is O=S(=O)(c1ccc(C(F)(F)F)cc1)N1CCN(c2cc(C(F)(F)F)ccn2)CC1. The number of nitrogens with zero attached hydrogens (tertiary/aromatic N) is 3. The molecule has 0 radical (unpaired) electrons. The van der Waals surface area contributed by atoms with Crippen LogP contribution in [0.25, 0.3) is 0 Å². The monoisotopic (exact) mass is 439 g/mol. The number of aromatic nitrogens is 1. The van der Waals surface area contributed by atoms with Gasteiger partial charge in [0.2, 0.25) is 10.0 Å². The van der Waals surface area contributed by atoms with Gasteiger partial charge in [-0.2, -0.15) is 30.6 Å². The molecule has 2 heterocycles. The van der Waals surface area contributed by atoms with Gasteiger partial charge in [-0.15, -0.1) is 0 Å². The van der Waals surface area contributed by atoms with Crippen LogP contribution < -0.4 is 4.90 Å². The molecule has 0 unspecified atom stereocenters. The van der Waals surface area contributed by atoms with Gasteiger partial charge in [-0.3, -0.25) is 0 Å². The second kappa shape index (κ2) is 7.48. The average Bonchev–Trinajstić information content (AvgIpc) is 2.67. The molecule has 3 rings (SSSR count). The number of sulfonamides is 1. The molecule has 0 spiro atoms. The Kier molecular flexibility index (Phi) is 5.52.